The van der Waals surface area contributed by atoms with Gasteiger partial charge in [-0.3, -0.25) is 0 Å². The molecule has 0 bridgehead atoms. The highest BCUT2D eigenvalue weighted by molar-refractivity contribution is 9.10. The van der Waals surface area contributed by atoms with Gasteiger partial charge in [0.05, 0.1) is 0 Å². The Morgan fingerprint density at radius 1 is 0.900 bits per heavy atom. The molecule has 0 saturated heterocycles. The first kappa shape index (κ1) is 15.7. The molecular formula is C16H16BrCl2N. The van der Waals surface area contributed by atoms with Gasteiger partial charge in [0, 0.05) is 36.9 Å². The van der Waals surface area contributed by atoms with E-state index in [4.69, 9.17) is 23.2 Å². The molecule has 0 aliphatic rings. The Kier molecular flexibility index (Phi) is 4.68. The van der Waals surface area contributed by atoms with Crippen LogP contribution in [0.1, 0.15) is 20.8 Å². The van der Waals surface area contributed by atoms with E-state index in [1.54, 1.807) is 0 Å². The summed E-state index contributed by atoms with van der Waals surface area (Å²) in [7, 11) is 0. The number of hydrogen-bond acceptors (Lipinski definition) is 1. The molecule has 0 aromatic heterocycles. The maximum Gasteiger partial charge on any atom is 0.0486 e. The van der Waals surface area contributed by atoms with Crippen molar-refractivity contribution < 1.29 is 0 Å². The number of nitrogens with one attached hydrogen (secondary N) is 1. The summed E-state index contributed by atoms with van der Waals surface area (Å²) in [6.07, 6.45) is 0. The van der Waals surface area contributed by atoms with Crippen molar-refractivity contribution in [3.63, 3.8) is 0 Å². The Morgan fingerprint density at radius 2 is 1.45 bits per heavy atom. The fourth-order valence-electron chi connectivity index (χ4n) is 1.95. The van der Waals surface area contributed by atoms with Gasteiger partial charge in [-0.05, 0) is 57.2 Å². The maximum absolute atomic E-state index is 6.32. The van der Waals surface area contributed by atoms with Crippen LogP contribution in [-0.4, -0.2) is 5.54 Å². The molecule has 2 aromatic rings. The summed E-state index contributed by atoms with van der Waals surface area (Å²) in [5.74, 6) is 0. The zero-order chi connectivity index (χ0) is 14.9. The molecule has 0 radical (unpaired) electrons. The van der Waals surface area contributed by atoms with Gasteiger partial charge in [0.2, 0.25) is 0 Å². The summed E-state index contributed by atoms with van der Waals surface area (Å²) in [5.41, 5.74) is 2.86. The topological polar surface area (TPSA) is 12.0 Å². The third kappa shape index (κ3) is 3.91. The minimum atomic E-state index is -0.00777. The largest absolute Gasteiger partial charge is 0.380 e. The van der Waals surface area contributed by atoms with E-state index in [-0.39, 0.29) is 5.54 Å². The molecule has 4 heteroatoms. The van der Waals surface area contributed by atoms with Gasteiger partial charge in [0.25, 0.3) is 0 Å². The van der Waals surface area contributed by atoms with Crippen molar-refractivity contribution in [1.82, 2.24) is 0 Å². The lowest BCUT2D eigenvalue weighted by Gasteiger charge is -2.23. The van der Waals surface area contributed by atoms with Gasteiger partial charge in [-0.1, -0.05) is 39.1 Å². The van der Waals surface area contributed by atoms with Crippen LogP contribution in [0.4, 0.5) is 5.69 Å². The molecule has 2 rings (SSSR count). The lowest BCUT2D eigenvalue weighted by molar-refractivity contribution is 0.634. The van der Waals surface area contributed by atoms with E-state index in [9.17, 15) is 0 Å². The van der Waals surface area contributed by atoms with Gasteiger partial charge in [-0.2, -0.15) is 0 Å². The minimum Gasteiger partial charge on any atom is -0.380 e. The van der Waals surface area contributed by atoms with Crippen LogP contribution in [0.25, 0.3) is 11.1 Å². The second-order valence-corrected chi connectivity index (χ2v) is 7.42. The van der Waals surface area contributed by atoms with Crippen molar-refractivity contribution in [3.05, 3.63) is 50.9 Å². The minimum absolute atomic E-state index is 0.00777. The molecule has 0 heterocycles. The Bertz CT molecular complexity index is 633. The average molecular weight is 373 g/mol. The smallest absolute Gasteiger partial charge is 0.0486 e. The van der Waals surface area contributed by atoms with Crippen LogP contribution in [0.3, 0.4) is 0 Å². The van der Waals surface area contributed by atoms with E-state index >= 15 is 0 Å². The molecule has 0 spiro atoms. The zero-order valence-electron chi connectivity index (χ0n) is 11.6. The summed E-state index contributed by atoms with van der Waals surface area (Å²) in [6, 6.07) is 11.6. The van der Waals surface area contributed by atoms with E-state index in [1.165, 1.54) is 0 Å². The fourth-order valence-corrected chi connectivity index (χ4v) is 2.75. The van der Waals surface area contributed by atoms with Crippen molar-refractivity contribution >= 4 is 44.8 Å². The van der Waals surface area contributed by atoms with Gasteiger partial charge < -0.3 is 5.32 Å². The molecule has 0 aliphatic heterocycles. The van der Waals surface area contributed by atoms with Gasteiger partial charge in [0.15, 0.2) is 0 Å². The third-order valence-electron chi connectivity index (χ3n) is 2.70. The van der Waals surface area contributed by atoms with Crippen LogP contribution in [0, 0.1) is 0 Å². The summed E-state index contributed by atoms with van der Waals surface area (Å²) in [4.78, 5) is 0. The molecule has 0 saturated carbocycles. The number of anilines is 1. The van der Waals surface area contributed by atoms with Crippen LogP contribution < -0.4 is 5.32 Å². The third-order valence-corrected chi connectivity index (χ3v) is 3.86. The standard InChI is InChI=1S/C16H16BrCl2N/c1-16(2,3)20-11-5-7-15(19)13(9-11)12-8-10(17)4-6-14(12)18/h4-9,20H,1-3H3. The SMILES string of the molecule is CC(C)(C)Nc1ccc(Cl)c(-c2cc(Br)ccc2Cl)c1. The summed E-state index contributed by atoms with van der Waals surface area (Å²) in [6.45, 7) is 6.36. The first-order valence-corrected chi connectivity index (χ1v) is 7.84. The zero-order valence-corrected chi connectivity index (χ0v) is 14.7. The normalized spacial score (nSPS) is 11.5. The molecular weight excluding hydrogens is 357 g/mol. The molecule has 20 heavy (non-hydrogen) atoms. The maximum atomic E-state index is 6.32. The Morgan fingerprint density at radius 3 is 2.05 bits per heavy atom. The molecule has 0 atom stereocenters. The molecule has 106 valence electrons. The molecule has 0 aliphatic carbocycles. The van der Waals surface area contributed by atoms with Crippen molar-refractivity contribution in [2.75, 3.05) is 5.32 Å². The number of halogens is 3. The van der Waals surface area contributed by atoms with Gasteiger partial charge in [-0.15, -0.1) is 0 Å². The van der Waals surface area contributed by atoms with E-state index in [2.05, 4.69) is 42.0 Å². The lowest BCUT2D eigenvalue weighted by atomic mass is 10.0. The Balaban J connectivity index is 2.50. The summed E-state index contributed by atoms with van der Waals surface area (Å²) in [5, 5.41) is 4.81. The molecule has 0 amide bonds. The van der Waals surface area contributed by atoms with Crippen LogP contribution in [0.5, 0.6) is 0 Å². The second-order valence-electron chi connectivity index (χ2n) is 5.69. The highest BCUT2D eigenvalue weighted by atomic mass is 79.9. The predicted molar refractivity (Wildman–Crippen MR) is 93.0 cm³/mol. The molecule has 1 nitrogen and oxygen atoms in total. The number of benzene rings is 2. The molecule has 0 unspecified atom stereocenters. The monoisotopic (exact) mass is 371 g/mol. The molecule has 2 aromatic carbocycles. The Hall–Kier alpha value is -0.700. The van der Waals surface area contributed by atoms with Crippen molar-refractivity contribution in [3.8, 4) is 11.1 Å². The van der Waals surface area contributed by atoms with E-state index < -0.39 is 0 Å². The number of rotatable bonds is 2. The number of hydrogen-bond donors (Lipinski definition) is 1. The summed E-state index contributed by atoms with van der Waals surface area (Å²) >= 11 is 16.1. The first-order chi connectivity index (χ1) is 9.26. The highest BCUT2D eigenvalue weighted by Crippen LogP contribution is 2.37. The van der Waals surface area contributed by atoms with Crippen LogP contribution in [0.2, 0.25) is 10.0 Å². The van der Waals surface area contributed by atoms with Crippen molar-refractivity contribution in [1.29, 1.82) is 0 Å². The highest BCUT2D eigenvalue weighted by Gasteiger charge is 2.13. The van der Waals surface area contributed by atoms with Gasteiger partial charge >= 0.3 is 0 Å². The fraction of sp³-hybridized carbons (Fsp3) is 0.250. The lowest BCUT2D eigenvalue weighted by Crippen LogP contribution is -2.25. The van der Waals surface area contributed by atoms with Crippen LogP contribution >= 0.6 is 39.1 Å². The van der Waals surface area contributed by atoms with Gasteiger partial charge in [0.1, 0.15) is 0 Å². The summed E-state index contributed by atoms with van der Waals surface area (Å²) < 4.78 is 0.974. The van der Waals surface area contributed by atoms with E-state index in [0.29, 0.717) is 10.0 Å². The van der Waals surface area contributed by atoms with Crippen LogP contribution in [0.15, 0.2) is 40.9 Å². The van der Waals surface area contributed by atoms with E-state index in [1.807, 2.05) is 36.4 Å². The van der Waals surface area contributed by atoms with Crippen molar-refractivity contribution in [2.24, 2.45) is 0 Å². The van der Waals surface area contributed by atoms with E-state index in [0.717, 1.165) is 21.3 Å². The van der Waals surface area contributed by atoms with Crippen LogP contribution in [-0.2, 0) is 0 Å². The van der Waals surface area contributed by atoms with Gasteiger partial charge in [-0.25, -0.2) is 0 Å². The second kappa shape index (κ2) is 5.97. The average Bonchev–Trinajstić information content (AvgIpc) is 2.33. The Labute approximate surface area is 138 Å². The molecule has 1 N–H and O–H groups in total. The van der Waals surface area contributed by atoms with Crippen molar-refractivity contribution in [2.45, 2.75) is 26.3 Å². The predicted octanol–water partition coefficient (Wildman–Crippen LogP) is 6.63. The molecule has 0 fully saturated rings. The first-order valence-electron chi connectivity index (χ1n) is 6.29. The quantitative estimate of drug-likeness (QED) is 0.623.